The number of aromatic nitrogens is 2. The van der Waals surface area contributed by atoms with E-state index < -0.39 is 5.97 Å². The van der Waals surface area contributed by atoms with Crippen molar-refractivity contribution < 1.29 is 14.3 Å². The van der Waals surface area contributed by atoms with Gasteiger partial charge in [-0.2, -0.15) is 5.10 Å². The third kappa shape index (κ3) is 4.69. The van der Waals surface area contributed by atoms with Crippen LogP contribution in [0.4, 0.5) is 0 Å². The molecule has 1 heterocycles. The Labute approximate surface area is 143 Å². The van der Waals surface area contributed by atoms with Crippen LogP contribution in [0.1, 0.15) is 49.6 Å². The van der Waals surface area contributed by atoms with Crippen molar-refractivity contribution in [1.29, 1.82) is 0 Å². The number of carbonyl (C=O) groups is 2. The van der Waals surface area contributed by atoms with Gasteiger partial charge in [0.1, 0.15) is 0 Å². The van der Waals surface area contributed by atoms with Gasteiger partial charge in [0.05, 0.1) is 5.69 Å². The molecular formula is C18H27N3O3. The highest BCUT2D eigenvalue weighted by Crippen LogP contribution is 2.23. The molecule has 2 atom stereocenters. The van der Waals surface area contributed by atoms with Crippen LogP contribution in [0.5, 0.6) is 0 Å². The van der Waals surface area contributed by atoms with Crippen molar-refractivity contribution in [2.24, 2.45) is 13.0 Å². The normalized spacial score (nSPS) is 21.0. The first-order valence-corrected chi connectivity index (χ1v) is 8.53. The predicted molar refractivity (Wildman–Crippen MR) is 92.2 cm³/mol. The minimum absolute atomic E-state index is 0.196. The van der Waals surface area contributed by atoms with Crippen molar-refractivity contribution >= 4 is 18.0 Å². The van der Waals surface area contributed by atoms with Crippen molar-refractivity contribution in [2.75, 3.05) is 6.61 Å². The molecule has 1 aliphatic rings. The van der Waals surface area contributed by atoms with E-state index in [9.17, 15) is 9.59 Å². The summed E-state index contributed by atoms with van der Waals surface area (Å²) in [4.78, 5) is 23.7. The van der Waals surface area contributed by atoms with Crippen LogP contribution >= 0.6 is 0 Å². The van der Waals surface area contributed by atoms with Gasteiger partial charge in [-0.1, -0.05) is 19.8 Å². The molecule has 0 aliphatic heterocycles. The number of nitrogens with zero attached hydrogens (tertiary/aromatic N) is 2. The number of hydrogen-bond acceptors (Lipinski definition) is 4. The average molecular weight is 333 g/mol. The summed E-state index contributed by atoms with van der Waals surface area (Å²) in [5, 5.41) is 7.25. The molecule has 1 aromatic rings. The van der Waals surface area contributed by atoms with Gasteiger partial charge in [-0.3, -0.25) is 9.48 Å². The number of esters is 1. The minimum atomic E-state index is -0.524. The van der Waals surface area contributed by atoms with E-state index in [2.05, 4.69) is 17.3 Å². The lowest BCUT2D eigenvalue weighted by molar-refractivity contribution is -0.144. The number of amides is 1. The zero-order valence-corrected chi connectivity index (χ0v) is 15.0. The molecule has 1 aliphatic carbocycles. The monoisotopic (exact) mass is 333 g/mol. The highest BCUT2D eigenvalue weighted by atomic mass is 16.5. The van der Waals surface area contributed by atoms with Gasteiger partial charge in [-0.25, -0.2) is 4.79 Å². The fourth-order valence-corrected chi connectivity index (χ4v) is 3.15. The Balaban J connectivity index is 1.80. The second kappa shape index (κ2) is 8.13. The van der Waals surface area contributed by atoms with E-state index in [4.69, 9.17) is 4.74 Å². The van der Waals surface area contributed by atoms with Crippen molar-refractivity contribution in [2.45, 2.75) is 52.5 Å². The Morgan fingerprint density at radius 1 is 1.33 bits per heavy atom. The van der Waals surface area contributed by atoms with E-state index in [1.54, 1.807) is 10.8 Å². The average Bonchev–Trinajstić information content (AvgIpc) is 2.78. The topological polar surface area (TPSA) is 73.2 Å². The molecule has 0 radical (unpaired) electrons. The Morgan fingerprint density at radius 2 is 2.04 bits per heavy atom. The number of hydrogen-bond donors (Lipinski definition) is 1. The van der Waals surface area contributed by atoms with Crippen molar-refractivity contribution in [3.05, 3.63) is 23.0 Å². The van der Waals surface area contributed by atoms with E-state index >= 15 is 0 Å². The largest absolute Gasteiger partial charge is 0.452 e. The number of rotatable bonds is 5. The predicted octanol–water partition coefficient (Wildman–Crippen LogP) is 2.29. The third-order valence-corrected chi connectivity index (χ3v) is 4.75. The molecule has 0 spiro atoms. The smallest absolute Gasteiger partial charge is 0.331 e. The Morgan fingerprint density at radius 3 is 2.67 bits per heavy atom. The highest BCUT2D eigenvalue weighted by molar-refractivity contribution is 5.89. The summed E-state index contributed by atoms with van der Waals surface area (Å²) < 4.78 is 6.79. The van der Waals surface area contributed by atoms with Crippen molar-refractivity contribution in [1.82, 2.24) is 15.1 Å². The number of ether oxygens (including phenoxy) is 1. The van der Waals surface area contributed by atoms with E-state index in [1.165, 1.54) is 12.5 Å². The van der Waals surface area contributed by atoms with Gasteiger partial charge in [0.25, 0.3) is 5.91 Å². The fourth-order valence-electron chi connectivity index (χ4n) is 3.15. The van der Waals surface area contributed by atoms with Crippen molar-refractivity contribution in [3.8, 4) is 0 Å². The summed E-state index contributed by atoms with van der Waals surface area (Å²) in [5.41, 5.74) is 2.72. The van der Waals surface area contributed by atoms with Crippen LogP contribution in [0, 0.1) is 19.8 Å². The summed E-state index contributed by atoms with van der Waals surface area (Å²) in [5.74, 6) is -0.274. The molecule has 1 N–H and O–H groups in total. The van der Waals surface area contributed by atoms with Gasteiger partial charge in [0.15, 0.2) is 6.61 Å². The maximum atomic E-state index is 11.9. The lowest BCUT2D eigenvalue weighted by Gasteiger charge is -2.29. The molecule has 0 aromatic carbocycles. The zero-order valence-electron chi connectivity index (χ0n) is 15.0. The molecule has 6 heteroatoms. The standard InChI is InChI=1S/C18H27N3O3/c1-12-7-5-6-8-16(12)19-17(22)11-24-18(23)10-9-15-13(2)20-21(4)14(15)3/h9-10,12,16H,5-8,11H2,1-4H3,(H,19,22)/b10-9+/t12-,16-/m0/s1. The first-order valence-electron chi connectivity index (χ1n) is 8.53. The molecule has 24 heavy (non-hydrogen) atoms. The van der Waals surface area contributed by atoms with Gasteiger partial charge in [-0.15, -0.1) is 0 Å². The van der Waals surface area contributed by atoms with E-state index in [1.807, 2.05) is 20.9 Å². The van der Waals surface area contributed by atoms with Crippen LogP contribution in [0.2, 0.25) is 0 Å². The molecule has 6 nitrogen and oxygen atoms in total. The second-order valence-electron chi connectivity index (χ2n) is 6.58. The van der Waals surface area contributed by atoms with Crippen LogP contribution in [-0.2, 0) is 21.4 Å². The molecule has 1 saturated carbocycles. The maximum absolute atomic E-state index is 11.9. The van der Waals surface area contributed by atoms with Crippen LogP contribution in [0.15, 0.2) is 6.08 Å². The maximum Gasteiger partial charge on any atom is 0.331 e. The number of aryl methyl sites for hydroxylation is 2. The van der Waals surface area contributed by atoms with Gasteiger partial charge < -0.3 is 10.1 Å². The first kappa shape index (κ1) is 18.2. The van der Waals surface area contributed by atoms with Crippen LogP contribution in [0.3, 0.4) is 0 Å². The molecule has 0 bridgehead atoms. The summed E-state index contributed by atoms with van der Waals surface area (Å²) in [6.45, 7) is 5.73. The summed E-state index contributed by atoms with van der Waals surface area (Å²) >= 11 is 0. The molecule has 1 amide bonds. The molecular weight excluding hydrogens is 306 g/mol. The van der Waals surface area contributed by atoms with Gasteiger partial charge in [0.2, 0.25) is 0 Å². The van der Waals surface area contributed by atoms with Crippen molar-refractivity contribution in [3.63, 3.8) is 0 Å². The van der Waals surface area contributed by atoms with E-state index in [0.29, 0.717) is 5.92 Å². The Bertz CT molecular complexity index is 634. The molecule has 132 valence electrons. The Kier molecular flexibility index (Phi) is 6.17. The number of carbonyl (C=O) groups excluding carboxylic acids is 2. The van der Waals surface area contributed by atoms with E-state index in [-0.39, 0.29) is 18.6 Å². The van der Waals surface area contributed by atoms with E-state index in [0.717, 1.165) is 36.2 Å². The molecule has 2 rings (SSSR count). The van der Waals surface area contributed by atoms with Gasteiger partial charge in [0, 0.05) is 30.4 Å². The zero-order chi connectivity index (χ0) is 17.7. The summed E-state index contributed by atoms with van der Waals surface area (Å²) in [7, 11) is 1.86. The van der Waals surface area contributed by atoms with Crippen LogP contribution in [0.25, 0.3) is 6.08 Å². The fraction of sp³-hybridized carbons (Fsp3) is 0.611. The number of nitrogens with one attached hydrogen (secondary N) is 1. The highest BCUT2D eigenvalue weighted by Gasteiger charge is 2.22. The summed E-state index contributed by atoms with van der Waals surface area (Å²) in [6.07, 6.45) is 7.52. The molecule has 0 saturated heterocycles. The lowest BCUT2D eigenvalue weighted by atomic mass is 9.86. The second-order valence-corrected chi connectivity index (χ2v) is 6.58. The summed E-state index contributed by atoms with van der Waals surface area (Å²) in [6, 6.07) is 0.196. The quantitative estimate of drug-likeness (QED) is 0.663. The lowest BCUT2D eigenvalue weighted by Crippen LogP contribution is -2.42. The molecule has 1 aromatic heterocycles. The first-order chi connectivity index (χ1) is 11.4. The van der Waals surface area contributed by atoms with Crippen LogP contribution in [-0.4, -0.2) is 34.3 Å². The SMILES string of the molecule is Cc1nn(C)c(C)c1/C=C/C(=O)OCC(=O)N[C@H]1CCCC[C@@H]1C. The third-order valence-electron chi connectivity index (χ3n) is 4.75. The minimum Gasteiger partial charge on any atom is -0.452 e. The van der Waals surface area contributed by atoms with Crippen LogP contribution < -0.4 is 5.32 Å². The Hall–Kier alpha value is -2.11. The molecule has 1 fully saturated rings. The molecule has 0 unspecified atom stereocenters. The van der Waals surface area contributed by atoms with Gasteiger partial charge in [-0.05, 0) is 38.7 Å². The van der Waals surface area contributed by atoms with Gasteiger partial charge >= 0.3 is 5.97 Å².